The van der Waals surface area contributed by atoms with Crippen molar-refractivity contribution in [2.24, 2.45) is 0 Å². The highest BCUT2D eigenvalue weighted by molar-refractivity contribution is 5.30. The van der Waals surface area contributed by atoms with Crippen LogP contribution in [0.25, 0.3) is 0 Å². The van der Waals surface area contributed by atoms with E-state index in [2.05, 4.69) is 24.4 Å². The highest BCUT2D eigenvalue weighted by Gasteiger charge is 2.06. The molecule has 0 aliphatic carbocycles. The maximum atomic E-state index is 5.50. The van der Waals surface area contributed by atoms with E-state index in [0.717, 1.165) is 18.1 Å². The number of ether oxygens (including phenoxy) is 1. The van der Waals surface area contributed by atoms with Gasteiger partial charge in [0, 0.05) is 6.04 Å². The summed E-state index contributed by atoms with van der Waals surface area (Å²) in [5, 5.41) is 3.42. The van der Waals surface area contributed by atoms with E-state index in [-0.39, 0.29) is 6.04 Å². The van der Waals surface area contributed by atoms with Gasteiger partial charge in [-0.25, -0.2) is 0 Å². The third-order valence-corrected chi connectivity index (χ3v) is 2.83. The molecule has 1 atom stereocenters. The van der Waals surface area contributed by atoms with Gasteiger partial charge in [0.05, 0.1) is 19.4 Å². The van der Waals surface area contributed by atoms with Crippen molar-refractivity contribution in [1.29, 1.82) is 0 Å². The van der Waals surface area contributed by atoms with Crippen molar-refractivity contribution >= 4 is 0 Å². The first-order chi connectivity index (χ1) is 8.79. The minimum atomic E-state index is 0.260. The Bertz CT molecular complexity index is 465. The summed E-state index contributed by atoms with van der Waals surface area (Å²) < 4.78 is 10.8. The number of hydrogen-bond donors (Lipinski definition) is 1. The van der Waals surface area contributed by atoms with Crippen molar-refractivity contribution in [3.8, 4) is 5.75 Å². The van der Waals surface area contributed by atoms with Crippen LogP contribution in [-0.2, 0) is 6.54 Å². The zero-order valence-electron chi connectivity index (χ0n) is 10.8. The van der Waals surface area contributed by atoms with E-state index in [0.29, 0.717) is 6.61 Å². The molecule has 0 saturated heterocycles. The van der Waals surface area contributed by atoms with Gasteiger partial charge >= 0.3 is 0 Å². The van der Waals surface area contributed by atoms with Crippen LogP contribution in [0.1, 0.15) is 31.2 Å². The third kappa shape index (κ3) is 3.37. The first-order valence-electron chi connectivity index (χ1n) is 6.28. The molecule has 2 aromatic rings. The van der Waals surface area contributed by atoms with Crippen LogP contribution < -0.4 is 10.1 Å². The second-order valence-corrected chi connectivity index (χ2v) is 4.19. The molecule has 1 aromatic carbocycles. The smallest absolute Gasteiger partial charge is 0.119 e. The molecule has 0 radical (unpaired) electrons. The third-order valence-electron chi connectivity index (χ3n) is 2.83. The van der Waals surface area contributed by atoms with Crippen molar-refractivity contribution in [3.05, 3.63) is 54.0 Å². The molecule has 3 heteroatoms. The average molecular weight is 245 g/mol. The van der Waals surface area contributed by atoms with Crippen LogP contribution in [0.2, 0.25) is 0 Å². The molecule has 18 heavy (non-hydrogen) atoms. The van der Waals surface area contributed by atoms with Gasteiger partial charge in [0.2, 0.25) is 0 Å². The van der Waals surface area contributed by atoms with Gasteiger partial charge in [-0.1, -0.05) is 12.1 Å². The lowest BCUT2D eigenvalue weighted by Crippen LogP contribution is -2.17. The Hall–Kier alpha value is -1.74. The van der Waals surface area contributed by atoms with Crippen LogP contribution in [0.4, 0.5) is 0 Å². The minimum Gasteiger partial charge on any atom is -0.494 e. The summed E-state index contributed by atoms with van der Waals surface area (Å²) >= 11 is 0. The highest BCUT2D eigenvalue weighted by atomic mass is 16.5. The van der Waals surface area contributed by atoms with Gasteiger partial charge in [-0.05, 0) is 43.7 Å². The van der Waals surface area contributed by atoms with E-state index in [1.165, 1.54) is 5.56 Å². The fourth-order valence-electron chi connectivity index (χ4n) is 1.83. The Kier molecular flexibility index (Phi) is 4.42. The standard InChI is InChI=1S/C15H19NO2/c1-3-17-14-7-4-6-13(10-14)12(2)16-11-15-8-5-9-18-15/h4-10,12,16H,3,11H2,1-2H3. The highest BCUT2D eigenvalue weighted by Crippen LogP contribution is 2.19. The summed E-state index contributed by atoms with van der Waals surface area (Å²) in [7, 11) is 0. The normalized spacial score (nSPS) is 12.3. The van der Waals surface area contributed by atoms with Gasteiger partial charge in [0.1, 0.15) is 11.5 Å². The average Bonchev–Trinajstić information content (AvgIpc) is 2.90. The van der Waals surface area contributed by atoms with Crippen LogP contribution in [0.5, 0.6) is 5.75 Å². The summed E-state index contributed by atoms with van der Waals surface area (Å²) in [6, 6.07) is 12.3. The molecule has 0 aliphatic heterocycles. The predicted molar refractivity (Wildman–Crippen MR) is 71.6 cm³/mol. The first-order valence-corrected chi connectivity index (χ1v) is 6.28. The molecule has 2 rings (SSSR count). The van der Waals surface area contributed by atoms with Crippen molar-refractivity contribution in [1.82, 2.24) is 5.32 Å². The molecule has 0 aliphatic rings. The van der Waals surface area contributed by atoms with Gasteiger partial charge in [0.25, 0.3) is 0 Å². The predicted octanol–water partition coefficient (Wildman–Crippen LogP) is 3.53. The first kappa shape index (κ1) is 12.7. The second kappa shape index (κ2) is 6.26. The van der Waals surface area contributed by atoms with Gasteiger partial charge in [-0.2, -0.15) is 0 Å². The van der Waals surface area contributed by atoms with E-state index in [9.17, 15) is 0 Å². The zero-order chi connectivity index (χ0) is 12.8. The molecule has 1 heterocycles. The largest absolute Gasteiger partial charge is 0.494 e. The van der Waals surface area contributed by atoms with Crippen LogP contribution in [0, 0.1) is 0 Å². The molecule has 1 unspecified atom stereocenters. The molecule has 3 nitrogen and oxygen atoms in total. The quantitative estimate of drug-likeness (QED) is 0.845. The molecule has 96 valence electrons. The van der Waals surface area contributed by atoms with E-state index >= 15 is 0 Å². The Morgan fingerprint density at radius 2 is 2.17 bits per heavy atom. The number of rotatable bonds is 6. The summed E-state index contributed by atoms with van der Waals surface area (Å²) in [6.45, 7) is 5.55. The fourth-order valence-corrected chi connectivity index (χ4v) is 1.83. The Labute approximate surface area is 108 Å². The van der Waals surface area contributed by atoms with E-state index < -0.39 is 0 Å². The lowest BCUT2D eigenvalue weighted by atomic mass is 10.1. The Morgan fingerprint density at radius 1 is 1.28 bits per heavy atom. The van der Waals surface area contributed by atoms with E-state index in [1.807, 2.05) is 31.2 Å². The molecule has 0 bridgehead atoms. The fraction of sp³-hybridized carbons (Fsp3) is 0.333. The lowest BCUT2D eigenvalue weighted by Gasteiger charge is -2.14. The minimum absolute atomic E-state index is 0.260. The topological polar surface area (TPSA) is 34.4 Å². The van der Waals surface area contributed by atoms with Gasteiger partial charge in [-0.3, -0.25) is 0 Å². The van der Waals surface area contributed by atoms with Crippen molar-refractivity contribution in [3.63, 3.8) is 0 Å². The Balaban J connectivity index is 1.95. The van der Waals surface area contributed by atoms with Crippen molar-refractivity contribution in [2.45, 2.75) is 26.4 Å². The molecule has 0 fully saturated rings. The van der Waals surface area contributed by atoms with Gasteiger partial charge < -0.3 is 14.5 Å². The Morgan fingerprint density at radius 3 is 2.89 bits per heavy atom. The number of hydrogen-bond acceptors (Lipinski definition) is 3. The SMILES string of the molecule is CCOc1cccc(C(C)NCc2ccco2)c1. The van der Waals surface area contributed by atoms with E-state index in [1.54, 1.807) is 6.26 Å². The molecular formula is C15H19NO2. The lowest BCUT2D eigenvalue weighted by molar-refractivity contribution is 0.339. The summed E-state index contributed by atoms with van der Waals surface area (Å²) in [4.78, 5) is 0. The van der Waals surface area contributed by atoms with Gasteiger partial charge in [0.15, 0.2) is 0 Å². The molecule has 0 amide bonds. The van der Waals surface area contributed by atoms with Crippen molar-refractivity contribution < 1.29 is 9.15 Å². The monoisotopic (exact) mass is 245 g/mol. The summed E-state index contributed by atoms with van der Waals surface area (Å²) in [6.07, 6.45) is 1.69. The van der Waals surface area contributed by atoms with Crippen LogP contribution in [0.15, 0.2) is 47.1 Å². The van der Waals surface area contributed by atoms with Crippen LogP contribution >= 0.6 is 0 Å². The molecule has 0 spiro atoms. The molecule has 0 saturated carbocycles. The molecule has 1 aromatic heterocycles. The van der Waals surface area contributed by atoms with Gasteiger partial charge in [-0.15, -0.1) is 0 Å². The van der Waals surface area contributed by atoms with E-state index in [4.69, 9.17) is 9.15 Å². The summed E-state index contributed by atoms with van der Waals surface area (Å²) in [5.74, 6) is 1.87. The number of furan rings is 1. The van der Waals surface area contributed by atoms with Crippen LogP contribution in [0.3, 0.4) is 0 Å². The number of benzene rings is 1. The second-order valence-electron chi connectivity index (χ2n) is 4.19. The molecule has 1 N–H and O–H groups in total. The zero-order valence-corrected chi connectivity index (χ0v) is 10.8. The number of nitrogens with one attached hydrogen (secondary N) is 1. The van der Waals surface area contributed by atoms with Crippen molar-refractivity contribution in [2.75, 3.05) is 6.61 Å². The molecular weight excluding hydrogens is 226 g/mol. The summed E-state index contributed by atoms with van der Waals surface area (Å²) in [5.41, 5.74) is 1.22. The maximum absolute atomic E-state index is 5.50. The van der Waals surface area contributed by atoms with Crippen LogP contribution in [-0.4, -0.2) is 6.61 Å². The maximum Gasteiger partial charge on any atom is 0.119 e.